The number of amides is 1. The number of nitrogens with zero attached hydrogens (tertiary/aromatic N) is 4. The van der Waals surface area contributed by atoms with Crippen molar-refractivity contribution < 1.29 is 9.90 Å². The fourth-order valence-electron chi connectivity index (χ4n) is 2.47. The minimum atomic E-state index is -0.495. The number of hydrogen-bond donors (Lipinski definition) is 3. The van der Waals surface area contributed by atoms with Crippen LogP contribution in [0.3, 0.4) is 0 Å². The second-order valence-electron chi connectivity index (χ2n) is 6.87. The molecule has 3 aromatic rings. The second kappa shape index (κ2) is 7.43. The van der Waals surface area contributed by atoms with Crippen LogP contribution in [-0.4, -0.2) is 42.7 Å². The molecule has 0 bridgehead atoms. The zero-order chi connectivity index (χ0) is 19.4. The van der Waals surface area contributed by atoms with E-state index in [1.165, 1.54) is 0 Å². The average molecular weight is 364 g/mol. The lowest BCUT2D eigenvalue weighted by Gasteiger charge is -2.21. The van der Waals surface area contributed by atoms with Gasteiger partial charge in [0.05, 0.1) is 23.4 Å². The first-order valence-corrected chi connectivity index (χ1v) is 8.34. The van der Waals surface area contributed by atoms with Crippen molar-refractivity contribution in [3.63, 3.8) is 0 Å². The van der Waals surface area contributed by atoms with Crippen LogP contribution in [0.1, 0.15) is 20.8 Å². The summed E-state index contributed by atoms with van der Waals surface area (Å²) >= 11 is 0. The summed E-state index contributed by atoms with van der Waals surface area (Å²) in [4.78, 5) is 24.9. The molecule has 0 spiro atoms. The largest absolute Gasteiger partial charge is 0.384 e. The molecule has 8 heteroatoms. The van der Waals surface area contributed by atoms with Gasteiger partial charge < -0.3 is 15.7 Å². The molecule has 0 aliphatic rings. The maximum atomic E-state index is 11.7. The highest BCUT2D eigenvalue weighted by Crippen LogP contribution is 2.22. The number of rotatable bonds is 3. The van der Waals surface area contributed by atoms with E-state index in [0.717, 1.165) is 11.0 Å². The topological polar surface area (TPSA) is 105 Å². The van der Waals surface area contributed by atoms with E-state index in [2.05, 4.69) is 37.4 Å². The number of fused-ring (bicyclic) bond motifs is 1. The lowest BCUT2D eigenvalue weighted by Crippen LogP contribution is -2.26. The van der Waals surface area contributed by atoms with Crippen LogP contribution in [0.2, 0.25) is 0 Å². The molecule has 0 saturated carbocycles. The van der Waals surface area contributed by atoms with Gasteiger partial charge in [-0.25, -0.2) is 9.97 Å². The lowest BCUT2D eigenvalue weighted by atomic mass is 10.1. The summed E-state index contributed by atoms with van der Waals surface area (Å²) < 4.78 is 1.80. The predicted octanol–water partition coefficient (Wildman–Crippen LogP) is 1.96. The van der Waals surface area contributed by atoms with E-state index in [-0.39, 0.29) is 12.1 Å². The maximum absolute atomic E-state index is 11.7. The van der Waals surface area contributed by atoms with Crippen LogP contribution in [0.25, 0.3) is 16.9 Å². The number of hydrogen-bond acceptors (Lipinski definition) is 6. The van der Waals surface area contributed by atoms with E-state index in [9.17, 15) is 4.79 Å². The monoisotopic (exact) mass is 364 g/mol. The normalized spacial score (nSPS) is 11.0. The van der Waals surface area contributed by atoms with E-state index >= 15 is 0 Å². The molecule has 0 radical (unpaired) electrons. The Labute approximate surface area is 156 Å². The number of benzene rings is 1. The minimum absolute atomic E-state index is 0.142. The van der Waals surface area contributed by atoms with Gasteiger partial charge >= 0.3 is 0 Å². The molecule has 2 heterocycles. The van der Waals surface area contributed by atoms with Gasteiger partial charge in [-0.2, -0.15) is 0 Å². The van der Waals surface area contributed by atoms with Crippen LogP contribution in [-0.2, 0) is 4.79 Å². The fraction of sp³-hybridized carbons (Fsp3) is 0.263. The van der Waals surface area contributed by atoms with Crippen LogP contribution >= 0.6 is 0 Å². The number of aliphatic hydroxyl groups excluding tert-OH is 1. The molecule has 138 valence electrons. The molecule has 3 rings (SSSR count). The molecular formula is C19H20N6O2. The van der Waals surface area contributed by atoms with Crippen LogP contribution in [0.5, 0.6) is 0 Å². The van der Waals surface area contributed by atoms with Gasteiger partial charge in [-0.3, -0.25) is 14.3 Å². The van der Waals surface area contributed by atoms with E-state index in [1.54, 1.807) is 41.5 Å². The fourth-order valence-corrected chi connectivity index (χ4v) is 2.47. The second-order valence-corrected chi connectivity index (χ2v) is 6.87. The maximum Gasteiger partial charge on any atom is 0.300 e. The zero-order valence-electron chi connectivity index (χ0n) is 15.3. The van der Waals surface area contributed by atoms with E-state index in [4.69, 9.17) is 5.11 Å². The van der Waals surface area contributed by atoms with E-state index in [0.29, 0.717) is 17.3 Å². The standard InChI is InChI=1S/C19H20N6O2/c1-19(2,3)24-16-10-20-11-17(23-16)25-12-21-14-7-6-13(9-15(14)25)22-18(27)5-4-8-26/h6-7,9-12,26H,8H2,1-3H3,(H,22,27)(H,23,24). The van der Waals surface area contributed by atoms with Crippen molar-refractivity contribution in [2.24, 2.45) is 0 Å². The average Bonchev–Trinajstić information content (AvgIpc) is 3.02. The van der Waals surface area contributed by atoms with Gasteiger partial charge in [0.1, 0.15) is 18.8 Å². The molecule has 0 aliphatic heterocycles. The van der Waals surface area contributed by atoms with Crippen molar-refractivity contribution >= 4 is 28.4 Å². The number of aliphatic hydroxyl groups is 1. The van der Waals surface area contributed by atoms with E-state index < -0.39 is 5.91 Å². The van der Waals surface area contributed by atoms with Crippen molar-refractivity contribution in [2.45, 2.75) is 26.3 Å². The highest BCUT2D eigenvalue weighted by molar-refractivity contribution is 6.04. The molecule has 2 aromatic heterocycles. The third-order valence-electron chi connectivity index (χ3n) is 3.46. The van der Waals surface area contributed by atoms with Crippen molar-refractivity contribution in [2.75, 3.05) is 17.2 Å². The van der Waals surface area contributed by atoms with Crippen LogP contribution < -0.4 is 10.6 Å². The summed E-state index contributed by atoms with van der Waals surface area (Å²) in [7, 11) is 0. The summed E-state index contributed by atoms with van der Waals surface area (Å²) in [5, 5.41) is 14.6. The first-order valence-electron chi connectivity index (χ1n) is 8.34. The van der Waals surface area contributed by atoms with Crippen LogP contribution in [0, 0.1) is 11.8 Å². The Bertz CT molecular complexity index is 1040. The highest BCUT2D eigenvalue weighted by Gasteiger charge is 2.13. The van der Waals surface area contributed by atoms with E-state index in [1.807, 2.05) is 20.8 Å². The molecule has 0 unspecified atom stereocenters. The van der Waals surface area contributed by atoms with Crippen molar-refractivity contribution in [3.05, 3.63) is 36.9 Å². The number of imidazole rings is 1. The number of aromatic nitrogens is 4. The molecule has 0 atom stereocenters. The Hall–Kier alpha value is -3.44. The lowest BCUT2D eigenvalue weighted by molar-refractivity contribution is -0.111. The molecule has 3 N–H and O–H groups in total. The number of carbonyl (C=O) groups is 1. The Morgan fingerprint density at radius 2 is 2.11 bits per heavy atom. The van der Waals surface area contributed by atoms with Gasteiger partial charge in [0, 0.05) is 11.2 Å². The van der Waals surface area contributed by atoms with Gasteiger partial charge in [0.25, 0.3) is 5.91 Å². The number of anilines is 2. The molecule has 0 aliphatic carbocycles. The Balaban J connectivity index is 1.95. The summed E-state index contributed by atoms with van der Waals surface area (Å²) in [6.45, 7) is 5.77. The summed E-state index contributed by atoms with van der Waals surface area (Å²) in [5.74, 6) is 5.38. The Morgan fingerprint density at radius 1 is 1.30 bits per heavy atom. The van der Waals surface area contributed by atoms with Gasteiger partial charge in [0.15, 0.2) is 5.82 Å². The van der Waals surface area contributed by atoms with Crippen molar-refractivity contribution in [1.82, 2.24) is 19.5 Å². The number of carbonyl (C=O) groups excluding carboxylic acids is 1. The first-order chi connectivity index (χ1) is 12.9. The zero-order valence-corrected chi connectivity index (χ0v) is 15.3. The molecule has 8 nitrogen and oxygen atoms in total. The van der Waals surface area contributed by atoms with Gasteiger partial charge in [-0.15, -0.1) is 0 Å². The third kappa shape index (κ3) is 4.59. The van der Waals surface area contributed by atoms with Gasteiger partial charge in [0.2, 0.25) is 0 Å². The molecule has 0 fully saturated rings. The number of nitrogens with one attached hydrogen (secondary N) is 2. The summed E-state index contributed by atoms with van der Waals surface area (Å²) in [6.07, 6.45) is 4.97. The molecular weight excluding hydrogens is 344 g/mol. The first kappa shape index (κ1) is 18.4. The van der Waals surface area contributed by atoms with Crippen molar-refractivity contribution in [3.8, 4) is 17.7 Å². The van der Waals surface area contributed by atoms with Gasteiger partial charge in [-0.05, 0) is 44.9 Å². The van der Waals surface area contributed by atoms with Crippen LogP contribution in [0.4, 0.5) is 11.5 Å². The predicted molar refractivity (Wildman–Crippen MR) is 104 cm³/mol. The quantitative estimate of drug-likeness (QED) is 0.614. The van der Waals surface area contributed by atoms with Crippen molar-refractivity contribution in [1.29, 1.82) is 0 Å². The Kier molecular flexibility index (Phi) is 5.05. The summed E-state index contributed by atoms with van der Waals surface area (Å²) in [6, 6.07) is 5.32. The molecule has 1 aromatic carbocycles. The molecule has 1 amide bonds. The minimum Gasteiger partial charge on any atom is -0.384 e. The molecule has 0 saturated heterocycles. The third-order valence-corrected chi connectivity index (χ3v) is 3.46. The van der Waals surface area contributed by atoms with Crippen LogP contribution in [0.15, 0.2) is 36.9 Å². The summed E-state index contributed by atoms with van der Waals surface area (Å²) in [5.41, 5.74) is 1.95. The molecule has 27 heavy (non-hydrogen) atoms. The smallest absolute Gasteiger partial charge is 0.300 e. The SMILES string of the molecule is CC(C)(C)Nc1cncc(-n2cnc3ccc(NC(=O)C#CCO)cc32)n1. The highest BCUT2D eigenvalue weighted by atomic mass is 16.2. The van der Waals surface area contributed by atoms with Gasteiger partial charge in [-0.1, -0.05) is 5.92 Å². The Morgan fingerprint density at radius 3 is 2.85 bits per heavy atom.